The van der Waals surface area contributed by atoms with Crippen molar-refractivity contribution in [3.63, 3.8) is 0 Å². The number of hydrogen-bond donors (Lipinski definition) is 0. The van der Waals surface area contributed by atoms with Crippen molar-refractivity contribution < 1.29 is 0 Å². The number of benzene rings is 1. The zero-order chi connectivity index (χ0) is 14.0. The van der Waals surface area contributed by atoms with Crippen LogP contribution in [-0.4, -0.2) is 25.1 Å². The maximum atomic E-state index is 4.18. The lowest BCUT2D eigenvalue weighted by Crippen LogP contribution is -2.27. The first-order valence-electron chi connectivity index (χ1n) is 6.96. The van der Waals surface area contributed by atoms with Crippen molar-refractivity contribution in [2.75, 3.05) is 11.5 Å². The Morgan fingerprint density at radius 3 is 2.45 bits per heavy atom. The molecule has 1 saturated heterocycles. The second-order valence-corrected chi connectivity index (χ2v) is 8.73. The minimum Gasteiger partial charge on any atom is -0.335 e. The first-order valence-corrected chi connectivity index (χ1v) is 8.93. The molecule has 1 aliphatic heterocycles. The largest absolute Gasteiger partial charge is 0.335 e. The summed E-state index contributed by atoms with van der Waals surface area (Å²) in [6.07, 6.45) is 7.00. The predicted molar refractivity (Wildman–Crippen MR) is 89.5 cm³/mol. The summed E-state index contributed by atoms with van der Waals surface area (Å²) >= 11 is 4.22. The van der Waals surface area contributed by atoms with E-state index in [1.165, 1.54) is 28.2 Å². The van der Waals surface area contributed by atoms with Gasteiger partial charge in [-0.25, -0.2) is 4.98 Å². The molecular weight excluding hydrogens is 284 g/mol. The Bertz CT molecular complexity index is 552. The summed E-state index contributed by atoms with van der Waals surface area (Å²) in [6, 6.07) is 6.92. The fourth-order valence-corrected chi connectivity index (χ4v) is 6.15. The Balaban J connectivity index is 1.83. The molecule has 0 bridgehead atoms. The molecule has 2 heterocycles. The van der Waals surface area contributed by atoms with Gasteiger partial charge in [-0.15, -0.1) is 23.5 Å². The molecular formula is C16H20N2S2. The number of nitrogens with zero attached hydrogens (tertiary/aromatic N) is 2. The minimum atomic E-state index is 0.265. The first-order chi connectivity index (χ1) is 9.65. The lowest BCUT2D eigenvalue weighted by Gasteiger charge is -2.28. The highest BCUT2D eigenvalue weighted by molar-refractivity contribution is 8.21. The number of aromatic nitrogens is 2. The van der Waals surface area contributed by atoms with E-state index in [1.54, 1.807) is 0 Å². The van der Waals surface area contributed by atoms with E-state index in [2.05, 4.69) is 71.3 Å². The first kappa shape index (κ1) is 14.1. The average molecular weight is 304 g/mol. The third-order valence-corrected chi connectivity index (χ3v) is 6.93. The van der Waals surface area contributed by atoms with Crippen LogP contribution in [0, 0.1) is 13.8 Å². The molecule has 0 N–H and O–H groups in total. The molecule has 1 aromatic carbocycles. The molecule has 3 rings (SSSR count). The molecule has 0 aliphatic carbocycles. The van der Waals surface area contributed by atoms with Gasteiger partial charge in [0.15, 0.2) is 0 Å². The van der Waals surface area contributed by atoms with Crippen LogP contribution in [0.1, 0.15) is 16.7 Å². The van der Waals surface area contributed by atoms with E-state index in [4.69, 9.17) is 0 Å². The number of aryl methyl sites for hydroxylation is 2. The van der Waals surface area contributed by atoms with Crippen molar-refractivity contribution in [1.29, 1.82) is 0 Å². The van der Waals surface area contributed by atoms with Crippen LogP contribution in [0.3, 0.4) is 0 Å². The van der Waals surface area contributed by atoms with Crippen LogP contribution in [0.15, 0.2) is 36.9 Å². The van der Waals surface area contributed by atoms with Crippen molar-refractivity contribution in [2.45, 2.75) is 30.9 Å². The highest BCUT2D eigenvalue weighted by Crippen LogP contribution is 2.47. The molecule has 4 heteroatoms. The molecule has 0 atom stereocenters. The molecule has 1 aromatic heterocycles. The Morgan fingerprint density at radius 2 is 1.85 bits per heavy atom. The zero-order valence-corrected chi connectivity index (χ0v) is 13.6. The van der Waals surface area contributed by atoms with Gasteiger partial charge in [0.1, 0.15) is 0 Å². The van der Waals surface area contributed by atoms with Crippen LogP contribution >= 0.6 is 23.5 Å². The van der Waals surface area contributed by atoms with Gasteiger partial charge in [-0.05, 0) is 25.8 Å². The molecule has 0 saturated carbocycles. The number of rotatable bonds is 4. The Labute approximate surface area is 129 Å². The maximum Gasteiger partial charge on any atom is 0.0946 e. The van der Waals surface area contributed by atoms with E-state index in [-0.39, 0.29) is 4.08 Å². The monoisotopic (exact) mass is 304 g/mol. The lowest BCUT2D eigenvalue weighted by atomic mass is 10.0. The molecule has 1 fully saturated rings. The van der Waals surface area contributed by atoms with Gasteiger partial charge >= 0.3 is 0 Å². The van der Waals surface area contributed by atoms with Crippen LogP contribution in [0.4, 0.5) is 0 Å². The Morgan fingerprint density at radius 1 is 1.15 bits per heavy atom. The zero-order valence-electron chi connectivity index (χ0n) is 12.0. The van der Waals surface area contributed by atoms with E-state index >= 15 is 0 Å². The number of hydrogen-bond acceptors (Lipinski definition) is 3. The van der Waals surface area contributed by atoms with Crippen molar-refractivity contribution >= 4 is 23.5 Å². The molecule has 0 unspecified atom stereocenters. The molecule has 106 valence electrons. The van der Waals surface area contributed by atoms with Crippen LogP contribution in [-0.2, 0) is 13.0 Å². The Hall–Kier alpha value is -0.870. The minimum absolute atomic E-state index is 0.265. The Kier molecular flexibility index (Phi) is 4.13. The lowest BCUT2D eigenvalue weighted by molar-refractivity contribution is 0.625. The van der Waals surface area contributed by atoms with E-state index in [0.29, 0.717) is 0 Å². The second-order valence-electron chi connectivity index (χ2n) is 5.52. The summed E-state index contributed by atoms with van der Waals surface area (Å²) < 4.78 is 2.48. The van der Waals surface area contributed by atoms with Crippen LogP contribution in [0.25, 0.3) is 0 Å². The predicted octanol–water partition coefficient (Wildman–Crippen LogP) is 3.92. The fraction of sp³-hybridized carbons (Fsp3) is 0.438. The molecule has 2 aromatic rings. The van der Waals surface area contributed by atoms with E-state index in [0.717, 1.165) is 13.0 Å². The summed E-state index contributed by atoms with van der Waals surface area (Å²) in [5, 5.41) is 0. The number of thioether (sulfide) groups is 2. The molecule has 0 radical (unpaired) electrons. The van der Waals surface area contributed by atoms with Gasteiger partial charge in [-0.1, -0.05) is 29.3 Å². The smallest absolute Gasteiger partial charge is 0.0946 e. The highest BCUT2D eigenvalue weighted by Gasteiger charge is 2.36. The van der Waals surface area contributed by atoms with Crippen LogP contribution in [0.2, 0.25) is 0 Å². The average Bonchev–Trinajstić information content (AvgIpc) is 3.00. The van der Waals surface area contributed by atoms with E-state index in [1.807, 2.05) is 12.5 Å². The fourth-order valence-electron chi connectivity index (χ4n) is 2.89. The van der Waals surface area contributed by atoms with Crippen LogP contribution in [0.5, 0.6) is 0 Å². The van der Waals surface area contributed by atoms with Gasteiger partial charge < -0.3 is 4.57 Å². The summed E-state index contributed by atoms with van der Waals surface area (Å²) in [6.45, 7) is 5.41. The molecule has 0 amide bonds. The van der Waals surface area contributed by atoms with Gasteiger partial charge in [-0.2, -0.15) is 0 Å². The maximum absolute atomic E-state index is 4.18. The van der Waals surface area contributed by atoms with E-state index in [9.17, 15) is 0 Å². The third kappa shape index (κ3) is 3.23. The topological polar surface area (TPSA) is 17.8 Å². The summed E-state index contributed by atoms with van der Waals surface area (Å²) in [7, 11) is 0. The third-order valence-electron chi connectivity index (χ3n) is 3.55. The van der Waals surface area contributed by atoms with Gasteiger partial charge in [0.2, 0.25) is 0 Å². The van der Waals surface area contributed by atoms with Crippen molar-refractivity contribution in [3.8, 4) is 0 Å². The molecule has 20 heavy (non-hydrogen) atoms. The van der Waals surface area contributed by atoms with Crippen molar-refractivity contribution in [1.82, 2.24) is 9.55 Å². The standard InChI is InChI=1S/C16H20N2S2/c1-13-7-14(2)9-15(8-13)10-16(19-5-6-20-16)11-18-4-3-17-12-18/h3-4,7-9,12H,5-6,10-11H2,1-2H3. The highest BCUT2D eigenvalue weighted by atomic mass is 32.2. The van der Waals surface area contributed by atoms with E-state index < -0.39 is 0 Å². The van der Waals surface area contributed by atoms with Gasteiger partial charge in [-0.3, -0.25) is 0 Å². The SMILES string of the molecule is Cc1cc(C)cc(CC2(Cn3ccnc3)SCCS2)c1. The van der Waals surface area contributed by atoms with Gasteiger partial charge in [0.05, 0.1) is 10.4 Å². The van der Waals surface area contributed by atoms with Gasteiger partial charge in [0, 0.05) is 30.4 Å². The molecule has 0 spiro atoms. The summed E-state index contributed by atoms with van der Waals surface area (Å²) in [5.41, 5.74) is 4.20. The van der Waals surface area contributed by atoms with Gasteiger partial charge in [0.25, 0.3) is 0 Å². The second kappa shape index (κ2) is 5.86. The summed E-state index contributed by atoms with van der Waals surface area (Å²) in [5.74, 6) is 2.51. The number of imidazole rings is 1. The van der Waals surface area contributed by atoms with Crippen molar-refractivity contribution in [2.24, 2.45) is 0 Å². The quantitative estimate of drug-likeness (QED) is 0.852. The molecule has 1 aliphatic rings. The molecule has 2 nitrogen and oxygen atoms in total. The van der Waals surface area contributed by atoms with Crippen LogP contribution < -0.4 is 0 Å². The van der Waals surface area contributed by atoms with Crippen molar-refractivity contribution in [3.05, 3.63) is 53.6 Å². The normalized spacial score (nSPS) is 17.5. The summed E-state index contributed by atoms with van der Waals surface area (Å²) in [4.78, 5) is 4.18.